The van der Waals surface area contributed by atoms with E-state index in [0.29, 0.717) is 18.7 Å². The van der Waals surface area contributed by atoms with Gasteiger partial charge in [0.15, 0.2) is 11.6 Å². The van der Waals surface area contributed by atoms with Crippen molar-refractivity contribution in [3.63, 3.8) is 0 Å². The molecule has 1 aromatic carbocycles. The number of benzene rings is 1. The van der Waals surface area contributed by atoms with Crippen molar-refractivity contribution in [2.45, 2.75) is 38.5 Å². The zero-order valence-electron chi connectivity index (χ0n) is 11.2. The van der Waals surface area contributed by atoms with Crippen molar-refractivity contribution < 1.29 is 18.3 Å². The van der Waals surface area contributed by atoms with Gasteiger partial charge in [0, 0.05) is 31.0 Å². The first-order chi connectivity index (χ1) is 9.10. The Morgan fingerprint density at radius 3 is 2.89 bits per heavy atom. The number of halogens is 2. The van der Waals surface area contributed by atoms with Crippen LogP contribution >= 0.6 is 0 Å². The molecule has 1 fully saturated rings. The number of ether oxygens (including phenoxy) is 2. The maximum Gasteiger partial charge on any atom is 0.168 e. The van der Waals surface area contributed by atoms with E-state index in [9.17, 15) is 8.78 Å². The van der Waals surface area contributed by atoms with Gasteiger partial charge in [-0.05, 0) is 20.0 Å². The molecule has 2 unspecified atom stereocenters. The molecule has 19 heavy (non-hydrogen) atoms. The van der Waals surface area contributed by atoms with E-state index < -0.39 is 11.6 Å². The number of hydrogen-bond acceptors (Lipinski definition) is 3. The van der Waals surface area contributed by atoms with E-state index in [1.54, 1.807) is 7.05 Å². The van der Waals surface area contributed by atoms with Gasteiger partial charge >= 0.3 is 0 Å². The van der Waals surface area contributed by atoms with E-state index in [0.717, 1.165) is 18.9 Å². The molecule has 2 rings (SSSR count). The summed E-state index contributed by atoms with van der Waals surface area (Å²) >= 11 is 0. The van der Waals surface area contributed by atoms with Gasteiger partial charge in [0.2, 0.25) is 0 Å². The maximum absolute atomic E-state index is 13.9. The van der Waals surface area contributed by atoms with Crippen LogP contribution < -0.4 is 10.1 Å². The van der Waals surface area contributed by atoms with Crippen LogP contribution in [0.5, 0.6) is 5.75 Å². The highest BCUT2D eigenvalue weighted by Crippen LogP contribution is 2.28. The van der Waals surface area contributed by atoms with Crippen LogP contribution in [0.3, 0.4) is 0 Å². The average molecular weight is 271 g/mol. The van der Waals surface area contributed by atoms with Crippen molar-refractivity contribution in [2.75, 3.05) is 13.7 Å². The third-order valence-electron chi connectivity index (χ3n) is 3.17. The fourth-order valence-electron chi connectivity index (χ4n) is 2.30. The second kappa shape index (κ2) is 6.30. The summed E-state index contributed by atoms with van der Waals surface area (Å²) in [6.07, 6.45) is 1.46. The molecule has 3 nitrogen and oxygen atoms in total. The van der Waals surface area contributed by atoms with Gasteiger partial charge in [0.05, 0.1) is 12.7 Å². The van der Waals surface area contributed by atoms with Gasteiger partial charge in [0.1, 0.15) is 11.9 Å². The monoisotopic (exact) mass is 271 g/mol. The van der Waals surface area contributed by atoms with Crippen LogP contribution in [0.15, 0.2) is 12.1 Å². The maximum atomic E-state index is 13.9. The minimum absolute atomic E-state index is 0.0840. The molecule has 0 aromatic heterocycles. The molecule has 0 bridgehead atoms. The number of nitrogens with one attached hydrogen (secondary N) is 1. The van der Waals surface area contributed by atoms with Crippen molar-refractivity contribution >= 4 is 0 Å². The van der Waals surface area contributed by atoms with E-state index in [1.807, 2.05) is 6.92 Å². The van der Waals surface area contributed by atoms with Gasteiger partial charge in [-0.15, -0.1) is 0 Å². The normalized spacial score (nSPS) is 23.4. The molecule has 0 amide bonds. The van der Waals surface area contributed by atoms with Crippen molar-refractivity contribution in [2.24, 2.45) is 0 Å². The molecule has 0 radical (unpaired) electrons. The summed E-state index contributed by atoms with van der Waals surface area (Å²) in [6, 6.07) is 2.16. The van der Waals surface area contributed by atoms with E-state index >= 15 is 0 Å². The summed E-state index contributed by atoms with van der Waals surface area (Å²) in [7, 11) is 1.73. The summed E-state index contributed by atoms with van der Waals surface area (Å²) in [5, 5.41) is 2.89. The quantitative estimate of drug-likeness (QED) is 0.913. The number of rotatable bonds is 4. The molecule has 106 valence electrons. The van der Waals surface area contributed by atoms with E-state index in [1.165, 1.54) is 6.07 Å². The summed E-state index contributed by atoms with van der Waals surface area (Å²) in [4.78, 5) is 0. The molecule has 0 saturated carbocycles. The summed E-state index contributed by atoms with van der Waals surface area (Å²) in [5.41, 5.74) is 0.499. The van der Waals surface area contributed by atoms with Crippen LogP contribution in [-0.2, 0) is 11.3 Å². The minimum Gasteiger partial charge on any atom is -0.487 e. The Hall–Kier alpha value is -1.20. The summed E-state index contributed by atoms with van der Waals surface area (Å²) in [5.74, 6) is -1.09. The van der Waals surface area contributed by atoms with Gasteiger partial charge in [0.25, 0.3) is 0 Å². The van der Waals surface area contributed by atoms with Crippen molar-refractivity contribution in [1.82, 2.24) is 5.32 Å². The van der Waals surface area contributed by atoms with Gasteiger partial charge in [-0.25, -0.2) is 8.78 Å². The van der Waals surface area contributed by atoms with E-state index in [-0.39, 0.29) is 18.0 Å². The molecule has 1 N–H and O–H groups in total. The van der Waals surface area contributed by atoms with Crippen LogP contribution in [0, 0.1) is 11.6 Å². The molecule has 1 saturated heterocycles. The lowest BCUT2D eigenvalue weighted by Crippen LogP contribution is -2.31. The lowest BCUT2D eigenvalue weighted by molar-refractivity contribution is -0.0264. The summed E-state index contributed by atoms with van der Waals surface area (Å²) < 4.78 is 38.3. The summed E-state index contributed by atoms with van der Waals surface area (Å²) in [6.45, 7) is 2.93. The van der Waals surface area contributed by atoms with E-state index in [2.05, 4.69) is 5.32 Å². The smallest absolute Gasteiger partial charge is 0.168 e. The molecule has 0 aliphatic carbocycles. The largest absolute Gasteiger partial charge is 0.487 e. The molecular weight excluding hydrogens is 252 g/mol. The lowest BCUT2D eigenvalue weighted by Gasteiger charge is -2.28. The fourth-order valence-corrected chi connectivity index (χ4v) is 2.30. The second-order valence-corrected chi connectivity index (χ2v) is 4.85. The Balaban J connectivity index is 2.18. The Bertz CT molecular complexity index is 440. The fraction of sp³-hybridized carbons (Fsp3) is 0.571. The third kappa shape index (κ3) is 3.64. The molecule has 1 aliphatic rings. The first-order valence-electron chi connectivity index (χ1n) is 6.51. The van der Waals surface area contributed by atoms with Crippen LogP contribution in [0.2, 0.25) is 0 Å². The van der Waals surface area contributed by atoms with Crippen LogP contribution in [0.1, 0.15) is 25.3 Å². The Kier molecular flexibility index (Phi) is 4.71. The molecule has 1 heterocycles. The topological polar surface area (TPSA) is 30.5 Å². The van der Waals surface area contributed by atoms with Crippen molar-refractivity contribution in [3.8, 4) is 5.75 Å². The minimum atomic E-state index is -0.649. The zero-order valence-corrected chi connectivity index (χ0v) is 11.2. The highest BCUT2D eigenvalue weighted by molar-refractivity contribution is 5.35. The van der Waals surface area contributed by atoms with Crippen LogP contribution in [-0.4, -0.2) is 25.9 Å². The van der Waals surface area contributed by atoms with Crippen molar-refractivity contribution in [3.05, 3.63) is 29.3 Å². The van der Waals surface area contributed by atoms with Gasteiger partial charge in [-0.1, -0.05) is 0 Å². The second-order valence-electron chi connectivity index (χ2n) is 4.85. The standard InChI is InChI=1S/C14H19F2NO2/c1-9-5-12(3-4-18-9)19-14-10(8-17-2)6-11(15)7-13(14)16/h6-7,9,12,17H,3-5,8H2,1-2H3. The van der Waals surface area contributed by atoms with Crippen molar-refractivity contribution in [1.29, 1.82) is 0 Å². The highest BCUT2D eigenvalue weighted by Gasteiger charge is 2.23. The molecule has 1 aromatic rings. The SMILES string of the molecule is CNCc1cc(F)cc(F)c1OC1CCOC(C)C1. The zero-order chi connectivity index (χ0) is 13.8. The Morgan fingerprint density at radius 1 is 1.42 bits per heavy atom. The van der Waals surface area contributed by atoms with E-state index in [4.69, 9.17) is 9.47 Å². The molecule has 0 spiro atoms. The Labute approximate surface area is 111 Å². The predicted molar refractivity (Wildman–Crippen MR) is 68.2 cm³/mol. The van der Waals surface area contributed by atoms with Crippen LogP contribution in [0.4, 0.5) is 8.78 Å². The molecular formula is C14H19F2NO2. The molecule has 1 aliphatic heterocycles. The lowest BCUT2D eigenvalue weighted by atomic mass is 10.1. The molecule has 5 heteroatoms. The third-order valence-corrected chi connectivity index (χ3v) is 3.17. The first kappa shape index (κ1) is 14.2. The van der Waals surface area contributed by atoms with Crippen LogP contribution in [0.25, 0.3) is 0 Å². The van der Waals surface area contributed by atoms with Gasteiger partial charge < -0.3 is 14.8 Å². The average Bonchev–Trinajstić information content (AvgIpc) is 2.34. The Morgan fingerprint density at radius 2 is 2.21 bits per heavy atom. The molecule has 2 atom stereocenters. The highest BCUT2D eigenvalue weighted by atomic mass is 19.1. The number of hydrogen-bond donors (Lipinski definition) is 1. The van der Waals surface area contributed by atoms with Gasteiger partial charge in [-0.2, -0.15) is 0 Å². The predicted octanol–water partition coefficient (Wildman–Crippen LogP) is 2.63. The van der Waals surface area contributed by atoms with Gasteiger partial charge in [-0.3, -0.25) is 0 Å². The first-order valence-corrected chi connectivity index (χ1v) is 6.51.